The van der Waals surface area contributed by atoms with Crippen molar-refractivity contribution in [3.63, 3.8) is 0 Å². The molecule has 0 unspecified atom stereocenters. The third-order valence-electron chi connectivity index (χ3n) is 2.62. The molecule has 0 amide bonds. The normalized spacial score (nSPS) is 16.4. The first-order valence-electron chi connectivity index (χ1n) is 4.83. The van der Waals surface area contributed by atoms with Gasteiger partial charge in [-0.15, -0.1) is 0 Å². The van der Waals surface area contributed by atoms with Crippen molar-refractivity contribution in [2.45, 2.75) is 32.1 Å². The average Bonchev–Trinajstić information content (AvgIpc) is 2.31. The molecule has 0 radical (unpaired) electrons. The van der Waals surface area contributed by atoms with E-state index in [0.29, 0.717) is 0 Å². The molecule has 0 saturated heterocycles. The van der Waals surface area contributed by atoms with Gasteiger partial charge in [-0.3, -0.25) is 4.79 Å². The minimum Gasteiger partial charge on any atom is -0.268 e. The molecule has 0 fully saturated rings. The van der Waals surface area contributed by atoms with Crippen LogP contribution in [0.5, 0.6) is 0 Å². The van der Waals surface area contributed by atoms with Gasteiger partial charge in [0.05, 0.1) is 5.69 Å². The Hall–Kier alpha value is -1.12. The highest BCUT2D eigenvalue weighted by molar-refractivity contribution is 5.19. The van der Waals surface area contributed by atoms with E-state index in [9.17, 15) is 4.79 Å². The third kappa shape index (κ3) is 1.64. The number of rotatable bonds is 0. The van der Waals surface area contributed by atoms with E-state index in [1.54, 1.807) is 13.1 Å². The van der Waals surface area contributed by atoms with Crippen molar-refractivity contribution in [2.24, 2.45) is 7.05 Å². The monoisotopic (exact) mass is 178 g/mol. The standard InChI is InChI=1S/C10H14N2O/c1-12-10(13)7-8-5-3-2-4-6-9(8)11-12/h7H,2-6H2,1H3. The summed E-state index contributed by atoms with van der Waals surface area (Å²) in [6, 6.07) is 1.74. The van der Waals surface area contributed by atoms with Crippen LogP contribution in [0.4, 0.5) is 0 Å². The second-order valence-corrected chi connectivity index (χ2v) is 3.64. The number of hydrogen-bond acceptors (Lipinski definition) is 2. The Kier molecular flexibility index (Phi) is 2.17. The summed E-state index contributed by atoms with van der Waals surface area (Å²) >= 11 is 0. The van der Waals surface area contributed by atoms with Crippen LogP contribution in [0.3, 0.4) is 0 Å². The molecule has 0 N–H and O–H groups in total. The molecule has 2 rings (SSSR count). The number of nitrogens with zero attached hydrogens (tertiary/aromatic N) is 2. The zero-order valence-corrected chi connectivity index (χ0v) is 7.92. The zero-order chi connectivity index (χ0) is 9.26. The summed E-state index contributed by atoms with van der Waals surface area (Å²) < 4.78 is 1.43. The highest BCUT2D eigenvalue weighted by atomic mass is 16.1. The van der Waals surface area contributed by atoms with Crippen molar-refractivity contribution in [2.75, 3.05) is 0 Å². The van der Waals surface area contributed by atoms with E-state index >= 15 is 0 Å². The Balaban J connectivity index is 2.49. The first-order valence-corrected chi connectivity index (χ1v) is 4.83. The van der Waals surface area contributed by atoms with Crippen LogP contribution in [0, 0.1) is 0 Å². The van der Waals surface area contributed by atoms with E-state index in [-0.39, 0.29) is 5.56 Å². The van der Waals surface area contributed by atoms with Gasteiger partial charge in [0.25, 0.3) is 5.56 Å². The third-order valence-corrected chi connectivity index (χ3v) is 2.62. The maximum atomic E-state index is 11.3. The summed E-state index contributed by atoms with van der Waals surface area (Å²) in [7, 11) is 1.72. The van der Waals surface area contributed by atoms with Crippen molar-refractivity contribution in [3.8, 4) is 0 Å². The molecule has 0 aromatic carbocycles. The summed E-state index contributed by atoms with van der Waals surface area (Å²) in [5, 5.41) is 4.28. The van der Waals surface area contributed by atoms with Crippen LogP contribution in [0.15, 0.2) is 10.9 Å². The van der Waals surface area contributed by atoms with Crippen molar-refractivity contribution >= 4 is 0 Å². The average molecular weight is 178 g/mol. The van der Waals surface area contributed by atoms with Gasteiger partial charge < -0.3 is 0 Å². The largest absolute Gasteiger partial charge is 0.268 e. The van der Waals surface area contributed by atoms with E-state index in [4.69, 9.17) is 0 Å². The van der Waals surface area contributed by atoms with Crippen LogP contribution in [-0.4, -0.2) is 9.78 Å². The van der Waals surface area contributed by atoms with Crippen LogP contribution in [0.1, 0.15) is 30.5 Å². The minimum absolute atomic E-state index is 0.0145. The van der Waals surface area contributed by atoms with Crippen molar-refractivity contribution in [3.05, 3.63) is 27.7 Å². The van der Waals surface area contributed by atoms with Gasteiger partial charge in [-0.2, -0.15) is 5.10 Å². The number of fused-ring (bicyclic) bond motifs is 1. The fourth-order valence-corrected chi connectivity index (χ4v) is 1.83. The van der Waals surface area contributed by atoms with Gasteiger partial charge in [-0.05, 0) is 31.2 Å². The smallest absolute Gasteiger partial charge is 0.266 e. The minimum atomic E-state index is 0.0145. The fraction of sp³-hybridized carbons (Fsp3) is 0.600. The topological polar surface area (TPSA) is 34.9 Å². The van der Waals surface area contributed by atoms with E-state index in [2.05, 4.69) is 5.10 Å². The molecule has 0 spiro atoms. The second-order valence-electron chi connectivity index (χ2n) is 3.64. The first kappa shape index (κ1) is 8.48. The van der Waals surface area contributed by atoms with Crippen LogP contribution < -0.4 is 5.56 Å². The van der Waals surface area contributed by atoms with E-state index < -0.39 is 0 Å². The predicted molar refractivity (Wildman–Crippen MR) is 50.7 cm³/mol. The van der Waals surface area contributed by atoms with Crippen molar-refractivity contribution in [1.82, 2.24) is 9.78 Å². The Morgan fingerprint density at radius 1 is 1.31 bits per heavy atom. The second kappa shape index (κ2) is 3.32. The van der Waals surface area contributed by atoms with Crippen LogP contribution in [-0.2, 0) is 19.9 Å². The Morgan fingerprint density at radius 2 is 2.08 bits per heavy atom. The van der Waals surface area contributed by atoms with Crippen LogP contribution >= 0.6 is 0 Å². The number of hydrogen-bond donors (Lipinski definition) is 0. The zero-order valence-electron chi connectivity index (χ0n) is 7.92. The number of aromatic nitrogens is 2. The van der Waals surface area contributed by atoms with Gasteiger partial charge in [-0.25, -0.2) is 4.68 Å². The molecule has 1 aromatic rings. The van der Waals surface area contributed by atoms with Gasteiger partial charge in [-0.1, -0.05) is 6.42 Å². The van der Waals surface area contributed by atoms with Gasteiger partial charge in [0.1, 0.15) is 0 Å². The lowest BCUT2D eigenvalue weighted by Crippen LogP contribution is -2.21. The lowest BCUT2D eigenvalue weighted by molar-refractivity contribution is 0.661. The van der Waals surface area contributed by atoms with Gasteiger partial charge in [0.2, 0.25) is 0 Å². The lowest BCUT2D eigenvalue weighted by atomic mass is 10.1. The summed E-state index contributed by atoms with van der Waals surface area (Å²) in [5.74, 6) is 0. The molecule has 1 aromatic heterocycles. The molecular weight excluding hydrogens is 164 g/mol. The highest BCUT2D eigenvalue weighted by Crippen LogP contribution is 2.16. The van der Waals surface area contributed by atoms with E-state index in [1.165, 1.54) is 29.5 Å². The van der Waals surface area contributed by atoms with Gasteiger partial charge >= 0.3 is 0 Å². The first-order chi connectivity index (χ1) is 6.27. The molecule has 0 saturated carbocycles. The Bertz CT molecular complexity index is 368. The lowest BCUT2D eigenvalue weighted by Gasteiger charge is -2.04. The van der Waals surface area contributed by atoms with Gasteiger partial charge in [0.15, 0.2) is 0 Å². The fourth-order valence-electron chi connectivity index (χ4n) is 1.83. The molecule has 0 bridgehead atoms. The maximum absolute atomic E-state index is 11.3. The maximum Gasteiger partial charge on any atom is 0.266 e. The molecule has 3 heteroatoms. The molecule has 13 heavy (non-hydrogen) atoms. The molecule has 1 aliphatic rings. The molecule has 0 atom stereocenters. The summed E-state index contributed by atoms with van der Waals surface area (Å²) in [6.45, 7) is 0. The molecule has 1 heterocycles. The molecular formula is C10H14N2O. The Morgan fingerprint density at radius 3 is 2.92 bits per heavy atom. The Labute approximate surface area is 77.4 Å². The highest BCUT2D eigenvalue weighted by Gasteiger charge is 2.10. The quantitative estimate of drug-likeness (QED) is 0.556. The molecule has 1 aliphatic carbocycles. The van der Waals surface area contributed by atoms with E-state index in [1.807, 2.05) is 0 Å². The number of aryl methyl sites for hydroxylation is 3. The predicted octanol–water partition coefficient (Wildman–Crippen LogP) is 1.05. The summed E-state index contributed by atoms with van der Waals surface area (Å²) in [4.78, 5) is 11.3. The molecule has 70 valence electrons. The van der Waals surface area contributed by atoms with Crippen molar-refractivity contribution < 1.29 is 0 Å². The summed E-state index contributed by atoms with van der Waals surface area (Å²) in [6.07, 6.45) is 5.72. The van der Waals surface area contributed by atoms with Crippen LogP contribution in [0.2, 0.25) is 0 Å². The SMILES string of the molecule is Cn1nc2c(cc1=O)CCCCC2. The van der Waals surface area contributed by atoms with Crippen LogP contribution in [0.25, 0.3) is 0 Å². The van der Waals surface area contributed by atoms with Gasteiger partial charge in [0, 0.05) is 13.1 Å². The van der Waals surface area contributed by atoms with E-state index in [0.717, 1.165) is 18.5 Å². The summed E-state index contributed by atoms with van der Waals surface area (Å²) in [5.41, 5.74) is 2.31. The molecule has 0 aliphatic heterocycles. The van der Waals surface area contributed by atoms with Crippen molar-refractivity contribution in [1.29, 1.82) is 0 Å². The molecule has 3 nitrogen and oxygen atoms in total.